The Morgan fingerprint density at radius 2 is 2.11 bits per heavy atom. The molecule has 1 aromatic carbocycles. The average Bonchev–Trinajstić information content (AvgIpc) is 3.35. The molecule has 3 N–H and O–H groups in total. The van der Waals surface area contributed by atoms with Crippen LogP contribution < -0.4 is 21.1 Å². The summed E-state index contributed by atoms with van der Waals surface area (Å²) in [7, 11) is 0. The number of morpholine rings is 1. The van der Waals surface area contributed by atoms with Gasteiger partial charge >= 0.3 is 6.18 Å². The number of anilines is 1. The first kappa shape index (κ1) is 18.4. The van der Waals surface area contributed by atoms with Gasteiger partial charge in [-0.2, -0.15) is 13.2 Å². The molecule has 4 aliphatic rings. The molecule has 2 bridgehead atoms. The van der Waals surface area contributed by atoms with E-state index >= 15 is 0 Å². The summed E-state index contributed by atoms with van der Waals surface area (Å²) in [5.41, 5.74) is 2.44. The fraction of sp³-hybridized carbons (Fsp3) is 0.471. The summed E-state index contributed by atoms with van der Waals surface area (Å²) >= 11 is 3.08. The molecule has 5 rings (SSSR count). The molecule has 4 aliphatic heterocycles. The number of rotatable bonds is 2. The van der Waals surface area contributed by atoms with Crippen LogP contribution in [0.25, 0.3) is 0 Å². The monoisotopic (exact) mass is 459 g/mol. The van der Waals surface area contributed by atoms with E-state index in [0.717, 1.165) is 12.5 Å². The number of halogens is 4. The summed E-state index contributed by atoms with van der Waals surface area (Å²) in [5.74, 6) is -0.307. The van der Waals surface area contributed by atoms with Crippen LogP contribution in [0.1, 0.15) is 12.0 Å². The van der Waals surface area contributed by atoms with Crippen LogP contribution in [0.4, 0.5) is 18.9 Å². The molecule has 0 aromatic heterocycles. The van der Waals surface area contributed by atoms with Gasteiger partial charge in [0.05, 0.1) is 29.5 Å². The highest BCUT2D eigenvalue weighted by Crippen LogP contribution is 2.39. The largest absolute Gasteiger partial charge is 0.418 e. The lowest BCUT2D eigenvalue weighted by Crippen LogP contribution is -2.68. The van der Waals surface area contributed by atoms with E-state index in [1.807, 2.05) is 0 Å². The van der Waals surface area contributed by atoms with Crippen LogP contribution in [0.5, 0.6) is 0 Å². The molecule has 3 saturated heterocycles. The first-order valence-corrected chi connectivity index (χ1v) is 9.67. The van der Waals surface area contributed by atoms with Crippen LogP contribution in [0, 0.1) is 0 Å². The molecule has 4 heterocycles. The minimum absolute atomic E-state index is 0.0719. The third kappa shape index (κ3) is 3.01. The Labute approximate surface area is 167 Å². The number of alkyl halides is 3. The normalized spacial score (nSPS) is 32.5. The van der Waals surface area contributed by atoms with Crippen LogP contribution in [0.15, 0.2) is 34.4 Å². The van der Waals surface area contributed by atoms with Crippen LogP contribution in [0.2, 0.25) is 0 Å². The van der Waals surface area contributed by atoms with Crippen molar-refractivity contribution < 1.29 is 22.7 Å². The first-order chi connectivity index (χ1) is 13.3. The van der Waals surface area contributed by atoms with Gasteiger partial charge in [-0.15, -0.1) is 0 Å². The molecule has 150 valence electrons. The van der Waals surface area contributed by atoms with Gasteiger partial charge in [0.2, 0.25) is 0 Å². The number of ether oxygens (including phenoxy) is 1. The zero-order valence-electron chi connectivity index (χ0n) is 14.5. The molecule has 2 unspecified atom stereocenters. The molecule has 1 aromatic rings. The van der Waals surface area contributed by atoms with Gasteiger partial charge in [-0.05, 0) is 24.6 Å². The fourth-order valence-electron chi connectivity index (χ4n) is 4.19. The highest BCUT2D eigenvalue weighted by molar-refractivity contribution is 9.10. The molecule has 3 fully saturated rings. The standard InChI is InChI=1S/C17H17BrF3N5O2/c18-8-1-2-13(12(3-8)17(19,20)21)26-6-11-14(24-26)22-16(23-15(11)27)25-5-10-4-9(25)7-28-10/h1-3,6,9-10,14,16,22,24H,4-5,7H2,(H,23,27)/t9-,10-,14?,16?/m0/s1. The quantitative estimate of drug-likeness (QED) is 0.622. The van der Waals surface area contributed by atoms with Gasteiger partial charge in [0.15, 0.2) is 0 Å². The first-order valence-electron chi connectivity index (χ1n) is 8.88. The molecular weight excluding hydrogens is 443 g/mol. The number of carbonyl (C=O) groups excluding carboxylic acids is 1. The summed E-state index contributed by atoms with van der Waals surface area (Å²) < 4.78 is 46.3. The third-order valence-electron chi connectivity index (χ3n) is 5.50. The van der Waals surface area contributed by atoms with Gasteiger partial charge in [0, 0.05) is 23.3 Å². The predicted octanol–water partition coefficient (Wildman–Crippen LogP) is 1.48. The zero-order chi connectivity index (χ0) is 19.6. The highest BCUT2D eigenvalue weighted by atomic mass is 79.9. The fourth-order valence-corrected chi connectivity index (χ4v) is 4.55. The molecule has 0 aliphatic carbocycles. The van der Waals surface area contributed by atoms with Gasteiger partial charge in [-0.25, -0.2) is 5.43 Å². The lowest BCUT2D eigenvalue weighted by atomic mass is 10.1. The maximum atomic E-state index is 13.5. The molecule has 7 nitrogen and oxygen atoms in total. The van der Waals surface area contributed by atoms with E-state index in [2.05, 4.69) is 36.9 Å². The Hall–Kier alpha value is -1.66. The zero-order valence-corrected chi connectivity index (χ0v) is 16.0. The molecule has 28 heavy (non-hydrogen) atoms. The van der Waals surface area contributed by atoms with Crippen LogP contribution in [-0.2, 0) is 15.7 Å². The van der Waals surface area contributed by atoms with Crippen LogP contribution in [-0.4, -0.2) is 48.6 Å². The number of hydrazine groups is 1. The van der Waals surface area contributed by atoms with Crippen molar-refractivity contribution in [2.75, 3.05) is 18.2 Å². The molecule has 11 heteroatoms. The Morgan fingerprint density at radius 3 is 2.79 bits per heavy atom. The second-order valence-corrected chi connectivity index (χ2v) is 8.18. The Balaban J connectivity index is 1.39. The maximum Gasteiger partial charge on any atom is 0.418 e. The van der Waals surface area contributed by atoms with Crippen molar-refractivity contribution in [3.63, 3.8) is 0 Å². The van der Waals surface area contributed by atoms with Gasteiger partial charge in [-0.3, -0.25) is 20.0 Å². The second kappa shape index (κ2) is 6.42. The van der Waals surface area contributed by atoms with Crippen LogP contribution in [0.3, 0.4) is 0 Å². The summed E-state index contributed by atoms with van der Waals surface area (Å²) in [6.45, 7) is 1.34. The Kier molecular flexibility index (Phi) is 4.22. The van der Waals surface area contributed by atoms with Gasteiger partial charge in [-0.1, -0.05) is 15.9 Å². The molecule has 4 atom stereocenters. The highest BCUT2D eigenvalue weighted by Gasteiger charge is 2.47. The molecular formula is C17H17BrF3N5O2. The van der Waals surface area contributed by atoms with E-state index < -0.39 is 24.2 Å². The summed E-state index contributed by atoms with van der Waals surface area (Å²) in [6.07, 6.45) is -3.00. The van der Waals surface area contributed by atoms with Gasteiger partial charge in [0.1, 0.15) is 12.5 Å². The SMILES string of the molecule is O=C1NC(N2C[C@@H]3C[C@H]2CO3)NC2NN(c3ccc(Br)cc3C(F)(F)F)C=C12. The van der Waals surface area contributed by atoms with E-state index in [4.69, 9.17) is 4.74 Å². The van der Waals surface area contributed by atoms with E-state index in [0.29, 0.717) is 23.2 Å². The van der Waals surface area contributed by atoms with E-state index in [1.165, 1.54) is 23.3 Å². The maximum absolute atomic E-state index is 13.5. The topological polar surface area (TPSA) is 68.9 Å². The number of nitrogens with one attached hydrogen (secondary N) is 3. The lowest BCUT2D eigenvalue weighted by molar-refractivity contribution is -0.137. The minimum Gasteiger partial charge on any atom is -0.375 e. The average molecular weight is 460 g/mol. The smallest absolute Gasteiger partial charge is 0.375 e. The van der Waals surface area contributed by atoms with Gasteiger partial charge in [0.25, 0.3) is 5.91 Å². The van der Waals surface area contributed by atoms with E-state index in [-0.39, 0.29) is 23.7 Å². The van der Waals surface area contributed by atoms with Crippen molar-refractivity contribution in [3.05, 3.63) is 40.0 Å². The van der Waals surface area contributed by atoms with Crippen molar-refractivity contribution in [2.24, 2.45) is 0 Å². The number of carbonyl (C=O) groups is 1. The van der Waals surface area contributed by atoms with E-state index in [1.54, 1.807) is 0 Å². The molecule has 0 radical (unpaired) electrons. The number of amides is 1. The van der Waals surface area contributed by atoms with Gasteiger partial charge < -0.3 is 10.1 Å². The third-order valence-corrected chi connectivity index (χ3v) is 5.99. The number of fused-ring (bicyclic) bond motifs is 3. The van der Waals surface area contributed by atoms with Crippen LogP contribution >= 0.6 is 15.9 Å². The number of nitrogens with zero attached hydrogens (tertiary/aromatic N) is 2. The summed E-state index contributed by atoms with van der Waals surface area (Å²) in [5, 5.41) is 7.42. The number of likely N-dealkylation sites (tertiary alicyclic amines) is 1. The molecule has 0 spiro atoms. The number of hydrogen-bond donors (Lipinski definition) is 3. The summed E-state index contributed by atoms with van der Waals surface area (Å²) in [6, 6.07) is 4.15. The Bertz CT molecular complexity index is 864. The molecule has 1 amide bonds. The van der Waals surface area contributed by atoms with Crippen molar-refractivity contribution in [1.29, 1.82) is 0 Å². The minimum atomic E-state index is -4.53. The van der Waals surface area contributed by atoms with Crippen molar-refractivity contribution >= 4 is 27.5 Å². The molecule has 0 saturated carbocycles. The van der Waals surface area contributed by atoms with Crippen molar-refractivity contribution in [3.8, 4) is 0 Å². The Morgan fingerprint density at radius 1 is 1.29 bits per heavy atom. The summed E-state index contributed by atoms with van der Waals surface area (Å²) in [4.78, 5) is 14.7. The second-order valence-electron chi connectivity index (χ2n) is 7.26. The van der Waals surface area contributed by atoms with E-state index in [9.17, 15) is 18.0 Å². The number of benzene rings is 1. The number of hydrogen-bond acceptors (Lipinski definition) is 6. The lowest BCUT2D eigenvalue weighted by Gasteiger charge is -2.40. The van der Waals surface area contributed by atoms with Crippen molar-refractivity contribution in [2.45, 2.75) is 37.2 Å². The predicted molar refractivity (Wildman–Crippen MR) is 96.5 cm³/mol. The van der Waals surface area contributed by atoms with Crippen molar-refractivity contribution in [1.82, 2.24) is 21.0 Å².